The Morgan fingerprint density at radius 1 is 1.47 bits per heavy atom. The van der Waals surface area contributed by atoms with Crippen LogP contribution in [0.5, 0.6) is 0 Å². The minimum atomic E-state index is -4.49. The van der Waals surface area contributed by atoms with Gasteiger partial charge in [-0.1, -0.05) is 0 Å². The van der Waals surface area contributed by atoms with Crippen LogP contribution in [-0.4, -0.2) is 10.9 Å². The number of hydrogen-bond donors (Lipinski definition) is 1. The van der Waals surface area contributed by atoms with Gasteiger partial charge in [0.1, 0.15) is 5.69 Å². The summed E-state index contributed by atoms with van der Waals surface area (Å²) in [4.78, 5) is 13.5. The number of hydrogen-bond acceptors (Lipinski definition) is 2. The summed E-state index contributed by atoms with van der Waals surface area (Å²) in [6.45, 7) is 0. The molecule has 1 aromatic heterocycles. The number of halogens is 3. The number of alkyl halides is 3. The number of nitrogens with two attached hydrogens (primary N) is 1. The monoisotopic (exact) mass is 216 g/mol. The van der Waals surface area contributed by atoms with Gasteiger partial charge in [-0.15, -0.1) is 0 Å². The van der Waals surface area contributed by atoms with Crippen molar-refractivity contribution >= 4 is 12.0 Å². The Bertz CT molecular complexity index is 399. The quantitative estimate of drug-likeness (QED) is 0.763. The third-order valence-corrected chi connectivity index (χ3v) is 1.51. The number of amides is 1. The van der Waals surface area contributed by atoms with E-state index in [2.05, 4.69) is 4.98 Å². The molecule has 3 nitrogen and oxygen atoms in total. The van der Waals surface area contributed by atoms with E-state index in [1.807, 2.05) is 0 Å². The lowest BCUT2D eigenvalue weighted by atomic mass is 10.2. The molecule has 6 heteroatoms. The molecule has 0 atom stereocenters. The molecule has 0 spiro atoms. The first kappa shape index (κ1) is 11.2. The zero-order valence-electron chi connectivity index (χ0n) is 7.45. The smallest absolute Gasteiger partial charge is 0.366 e. The van der Waals surface area contributed by atoms with Gasteiger partial charge < -0.3 is 5.73 Å². The lowest BCUT2D eigenvalue weighted by Gasteiger charge is -2.05. The van der Waals surface area contributed by atoms with E-state index in [0.717, 1.165) is 18.3 Å². The number of pyridine rings is 1. The minimum absolute atomic E-state index is 0.219. The van der Waals surface area contributed by atoms with E-state index in [1.165, 1.54) is 12.1 Å². The Morgan fingerprint density at radius 2 is 2.13 bits per heavy atom. The predicted molar refractivity (Wildman–Crippen MR) is 47.5 cm³/mol. The van der Waals surface area contributed by atoms with Gasteiger partial charge in [-0.05, 0) is 23.8 Å². The summed E-state index contributed by atoms with van der Waals surface area (Å²) in [5.41, 5.74) is 4.01. The maximum absolute atomic E-state index is 12.2. The first-order valence-corrected chi connectivity index (χ1v) is 3.90. The van der Waals surface area contributed by atoms with Crippen LogP contribution in [0.3, 0.4) is 0 Å². The number of rotatable bonds is 2. The average molecular weight is 216 g/mol. The van der Waals surface area contributed by atoms with Crippen LogP contribution in [-0.2, 0) is 11.0 Å². The lowest BCUT2D eigenvalue weighted by Crippen LogP contribution is -2.08. The first-order valence-electron chi connectivity index (χ1n) is 3.90. The molecule has 0 aromatic carbocycles. The number of aromatic nitrogens is 1. The Kier molecular flexibility index (Phi) is 3.08. The van der Waals surface area contributed by atoms with E-state index >= 15 is 0 Å². The van der Waals surface area contributed by atoms with Crippen molar-refractivity contribution in [3.8, 4) is 0 Å². The van der Waals surface area contributed by atoms with Crippen LogP contribution in [0.25, 0.3) is 6.08 Å². The molecule has 1 amide bonds. The molecule has 1 aromatic rings. The van der Waals surface area contributed by atoms with Crippen LogP contribution in [0.15, 0.2) is 24.4 Å². The van der Waals surface area contributed by atoms with Gasteiger partial charge in [-0.3, -0.25) is 9.78 Å². The van der Waals surface area contributed by atoms with Crippen LogP contribution in [0.4, 0.5) is 13.2 Å². The van der Waals surface area contributed by atoms with Crippen molar-refractivity contribution in [1.29, 1.82) is 0 Å². The van der Waals surface area contributed by atoms with Crippen molar-refractivity contribution < 1.29 is 18.0 Å². The van der Waals surface area contributed by atoms with Crippen molar-refractivity contribution in [1.82, 2.24) is 4.98 Å². The average Bonchev–Trinajstić information content (AvgIpc) is 2.14. The van der Waals surface area contributed by atoms with Crippen LogP contribution >= 0.6 is 0 Å². The number of carbonyl (C=O) groups excluding carboxylic acids is 1. The summed E-state index contributed by atoms with van der Waals surface area (Å²) in [6, 6.07) is 2.17. The zero-order chi connectivity index (χ0) is 11.5. The fourth-order valence-electron chi connectivity index (χ4n) is 0.884. The fraction of sp³-hybridized carbons (Fsp3) is 0.111. The standard InChI is InChI=1S/C9H7F3N2O/c10-9(11,12)7-5-6(3-4-14-7)1-2-8(13)15/h1-5H,(H2,13,15). The molecular weight excluding hydrogens is 209 g/mol. The fourth-order valence-corrected chi connectivity index (χ4v) is 0.884. The highest BCUT2D eigenvalue weighted by atomic mass is 19.4. The van der Waals surface area contributed by atoms with E-state index in [4.69, 9.17) is 5.73 Å². The van der Waals surface area contributed by atoms with E-state index in [-0.39, 0.29) is 5.56 Å². The molecule has 15 heavy (non-hydrogen) atoms. The van der Waals surface area contributed by atoms with Crippen molar-refractivity contribution in [3.63, 3.8) is 0 Å². The Labute approximate surface area is 83.4 Å². The molecule has 0 saturated heterocycles. The minimum Gasteiger partial charge on any atom is -0.366 e. The van der Waals surface area contributed by atoms with Crippen molar-refractivity contribution in [3.05, 3.63) is 35.7 Å². The molecular formula is C9H7F3N2O. The summed E-state index contributed by atoms with van der Waals surface area (Å²) in [6.07, 6.45) is -1.30. The van der Waals surface area contributed by atoms with Crippen LogP contribution in [0.2, 0.25) is 0 Å². The normalized spacial score (nSPS) is 11.9. The number of primary amides is 1. The maximum atomic E-state index is 12.2. The van der Waals surface area contributed by atoms with Crippen LogP contribution in [0.1, 0.15) is 11.3 Å². The van der Waals surface area contributed by atoms with Crippen LogP contribution < -0.4 is 5.73 Å². The van der Waals surface area contributed by atoms with Crippen molar-refractivity contribution in [2.24, 2.45) is 5.73 Å². The summed E-state index contributed by atoms with van der Waals surface area (Å²) < 4.78 is 36.6. The highest BCUT2D eigenvalue weighted by Crippen LogP contribution is 2.27. The van der Waals surface area contributed by atoms with E-state index in [0.29, 0.717) is 0 Å². The van der Waals surface area contributed by atoms with Gasteiger partial charge in [0.2, 0.25) is 5.91 Å². The molecule has 0 aliphatic rings. The van der Waals surface area contributed by atoms with Gasteiger partial charge >= 0.3 is 6.18 Å². The molecule has 0 aliphatic heterocycles. The third kappa shape index (κ3) is 3.41. The lowest BCUT2D eigenvalue weighted by molar-refractivity contribution is -0.141. The third-order valence-electron chi connectivity index (χ3n) is 1.51. The van der Waals surface area contributed by atoms with E-state index in [9.17, 15) is 18.0 Å². The molecule has 1 rings (SSSR count). The van der Waals surface area contributed by atoms with E-state index < -0.39 is 17.8 Å². The molecule has 0 saturated carbocycles. The second kappa shape index (κ2) is 4.12. The van der Waals surface area contributed by atoms with Gasteiger partial charge in [0, 0.05) is 12.3 Å². The van der Waals surface area contributed by atoms with Crippen molar-refractivity contribution in [2.45, 2.75) is 6.18 Å². The molecule has 0 bridgehead atoms. The molecule has 1 heterocycles. The van der Waals surface area contributed by atoms with Gasteiger partial charge in [-0.25, -0.2) is 0 Å². The van der Waals surface area contributed by atoms with Crippen molar-refractivity contribution in [2.75, 3.05) is 0 Å². The summed E-state index contributed by atoms with van der Waals surface area (Å²) in [5, 5.41) is 0. The van der Waals surface area contributed by atoms with Gasteiger partial charge in [0.25, 0.3) is 0 Å². The number of nitrogens with zero attached hydrogens (tertiary/aromatic N) is 1. The second-order valence-electron chi connectivity index (χ2n) is 2.71. The SMILES string of the molecule is NC(=O)C=Cc1ccnc(C(F)(F)F)c1. The molecule has 0 unspecified atom stereocenters. The highest BCUT2D eigenvalue weighted by molar-refractivity contribution is 5.90. The second-order valence-corrected chi connectivity index (χ2v) is 2.71. The highest BCUT2D eigenvalue weighted by Gasteiger charge is 2.32. The largest absolute Gasteiger partial charge is 0.433 e. The summed E-state index contributed by atoms with van der Waals surface area (Å²) >= 11 is 0. The Balaban J connectivity index is 2.98. The zero-order valence-corrected chi connectivity index (χ0v) is 7.45. The molecule has 2 N–H and O–H groups in total. The molecule has 80 valence electrons. The van der Waals surface area contributed by atoms with E-state index in [1.54, 1.807) is 0 Å². The topological polar surface area (TPSA) is 56.0 Å². The van der Waals surface area contributed by atoms with Gasteiger partial charge in [0.05, 0.1) is 0 Å². The number of carbonyl (C=O) groups is 1. The molecule has 0 aliphatic carbocycles. The van der Waals surface area contributed by atoms with Gasteiger partial charge in [-0.2, -0.15) is 13.2 Å². The molecule has 0 radical (unpaired) electrons. The maximum Gasteiger partial charge on any atom is 0.433 e. The first-order chi connectivity index (χ1) is 6.89. The summed E-state index contributed by atoms with van der Waals surface area (Å²) in [5.74, 6) is -0.722. The van der Waals surface area contributed by atoms with Crippen LogP contribution in [0, 0.1) is 0 Å². The predicted octanol–water partition coefficient (Wildman–Crippen LogP) is 1.60. The van der Waals surface area contributed by atoms with Gasteiger partial charge in [0.15, 0.2) is 0 Å². The summed E-state index contributed by atoms with van der Waals surface area (Å²) in [7, 11) is 0. The Morgan fingerprint density at radius 3 is 2.67 bits per heavy atom. The molecule has 0 fully saturated rings. The Hall–Kier alpha value is -1.85.